The van der Waals surface area contributed by atoms with Crippen LogP contribution in [0.15, 0.2) is 42.5 Å². The summed E-state index contributed by atoms with van der Waals surface area (Å²) in [5.74, 6) is -1.84. The smallest absolute Gasteiger partial charge is 0.410 e. The van der Waals surface area contributed by atoms with Gasteiger partial charge in [-0.2, -0.15) is 4.41 Å². The molecule has 0 unspecified atom stereocenters. The number of hydrazine groups is 1. The van der Waals surface area contributed by atoms with Gasteiger partial charge < -0.3 is 19.1 Å². The molecule has 0 aromatic heterocycles. The number of hydrogen-bond acceptors (Lipinski definition) is 7. The molecule has 0 spiro atoms. The molecule has 10 nitrogen and oxygen atoms in total. The van der Waals surface area contributed by atoms with Gasteiger partial charge in [0, 0.05) is 18.7 Å². The number of rotatable bonds is 6. The maximum atomic E-state index is 16.0. The Morgan fingerprint density at radius 2 is 1.84 bits per heavy atom. The second kappa shape index (κ2) is 10.5. The molecule has 2 aromatic carbocycles. The number of nitrogens with one attached hydrogen (secondary N) is 1. The van der Waals surface area contributed by atoms with Gasteiger partial charge in [0.2, 0.25) is 0 Å². The number of hydrogen-bond donors (Lipinski definition) is 1. The van der Waals surface area contributed by atoms with Gasteiger partial charge in [-0.3, -0.25) is 10.2 Å². The van der Waals surface area contributed by atoms with Gasteiger partial charge in [-0.05, 0) is 62.6 Å². The first-order chi connectivity index (χ1) is 17.9. The Kier molecular flexibility index (Phi) is 7.54. The Morgan fingerprint density at radius 3 is 2.39 bits per heavy atom. The molecule has 1 N–H and O–H groups in total. The fraction of sp³-hybridized carbons (Fsp3) is 0.385. The van der Waals surface area contributed by atoms with Crippen LogP contribution in [0.25, 0.3) is 5.57 Å². The van der Waals surface area contributed by atoms with Crippen LogP contribution in [0.2, 0.25) is 0 Å². The second-order valence-electron chi connectivity index (χ2n) is 9.87. The molecule has 12 heteroatoms. The summed E-state index contributed by atoms with van der Waals surface area (Å²) in [6.45, 7) is 5.84. The third kappa shape index (κ3) is 6.01. The minimum atomic E-state index is -4.16. The molecule has 2 aliphatic heterocycles. The molecular weight excluding hydrogens is 517 g/mol. The summed E-state index contributed by atoms with van der Waals surface area (Å²) in [6.07, 6.45) is 1.55. The van der Waals surface area contributed by atoms with Gasteiger partial charge in [0.1, 0.15) is 23.7 Å². The van der Waals surface area contributed by atoms with Gasteiger partial charge in [0.05, 0.1) is 7.11 Å². The van der Waals surface area contributed by atoms with Crippen molar-refractivity contribution in [2.75, 3.05) is 30.4 Å². The molecular formula is C26H30FN3O7S. The first-order valence-electron chi connectivity index (χ1n) is 12.0. The van der Waals surface area contributed by atoms with Crippen molar-refractivity contribution in [2.45, 2.75) is 39.4 Å². The third-order valence-electron chi connectivity index (χ3n) is 5.86. The monoisotopic (exact) mass is 547 g/mol. The molecule has 0 atom stereocenters. The maximum Gasteiger partial charge on any atom is 0.410 e. The minimum Gasteiger partial charge on any atom is -0.497 e. The van der Waals surface area contributed by atoms with Crippen LogP contribution in [0, 0.1) is 5.82 Å². The quantitative estimate of drug-likeness (QED) is 0.588. The van der Waals surface area contributed by atoms with Crippen molar-refractivity contribution >= 4 is 33.3 Å². The molecule has 2 amide bonds. The SMILES string of the molecule is COc1ccc(COc2ccc(C3=CCN(C(=O)OC(C)(C)C)CC3)c(F)c2N2NC(=O)CS2(=O)=O)cc1. The summed E-state index contributed by atoms with van der Waals surface area (Å²) in [4.78, 5) is 25.8. The van der Waals surface area contributed by atoms with Crippen LogP contribution in [0.3, 0.4) is 0 Å². The van der Waals surface area contributed by atoms with Crippen LogP contribution in [-0.2, 0) is 26.2 Å². The lowest BCUT2D eigenvalue weighted by molar-refractivity contribution is -0.117. The van der Waals surface area contributed by atoms with Crippen LogP contribution in [0.5, 0.6) is 11.5 Å². The van der Waals surface area contributed by atoms with E-state index in [-0.39, 0.29) is 24.5 Å². The zero-order valence-electron chi connectivity index (χ0n) is 21.6. The minimum absolute atomic E-state index is 0.0190. The number of nitrogens with zero attached hydrogens (tertiary/aromatic N) is 2. The number of carbonyl (C=O) groups excluding carboxylic acids is 2. The number of ether oxygens (including phenoxy) is 3. The van der Waals surface area contributed by atoms with E-state index in [9.17, 15) is 18.0 Å². The highest BCUT2D eigenvalue weighted by atomic mass is 32.2. The summed E-state index contributed by atoms with van der Waals surface area (Å²) >= 11 is 0. The van der Waals surface area contributed by atoms with E-state index in [4.69, 9.17) is 14.2 Å². The standard InChI is InChI=1S/C26H30FN3O7S/c1-26(2,3)37-25(32)29-13-11-18(12-14-29)20-9-10-21(36-15-17-5-7-19(35-4)8-6-17)24(23(20)27)30-28-22(31)16-38(30,33)34/h5-11H,12-16H2,1-4H3,(H,28,31). The number of carbonyl (C=O) groups is 2. The number of amides is 2. The molecule has 204 valence electrons. The predicted molar refractivity (Wildman–Crippen MR) is 139 cm³/mol. The highest BCUT2D eigenvalue weighted by molar-refractivity contribution is 7.93. The summed E-state index contributed by atoms with van der Waals surface area (Å²) in [6, 6.07) is 9.98. The van der Waals surface area contributed by atoms with Crippen molar-refractivity contribution < 1.29 is 36.6 Å². The lowest BCUT2D eigenvalue weighted by Crippen LogP contribution is -2.39. The van der Waals surface area contributed by atoms with Crippen molar-refractivity contribution in [3.05, 3.63) is 59.4 Å². The molecule has 2 aromatic rings. The average Bonchev–Trinajstić information content (AvgIpc) is 3.13. The third-order valence-corrected chi connectivity index (χ3v) is 7.32. The van der Waals surface area contributed by atoms with E-state index in [0.717, 1.165) is 5.56 Å². The number of benzene rings is 2. The highest BCUT2D eigenvalue weighted by Gasteiger charge is 2.39. The van der Waals surface area contributed by atoms with Crippen molar-refractivity contribution in [3.8, 4) is 11.5 Å². The zero-order valence-corrected chi connectivity index (χ0v) is 22.4. The Morgan fingerprint density at radius 1 is 1.13 bits per heavy atom. The zero-order chi connectivity index (χ0) is 27.7. The van der Waals surface area contributed by atoms with E-state index >= 15 is 4.39 Å². The lowest BCUT2D eigenvalue weighted by atomic mass is 9.98. The lowest BCUT2D eigenvalue weighted by Gasteiger charge is -2.30. The number of sulfonamides is 1. The highest BCUT2D eigenvalue weighted by Crippen LogP contribution is 2.39. The molecule has 0 saturated carbocycles. The van der Waals surface area contributed by atoms with Gasteiger partial charge in [0.25, 0.3) is 15.9 Å². The van der Waals surface area contributed by atoms with E-state index in [1.54, 1.807) is 58.2 Å². The molecule has 1 fully saturated rings. The van der Waals surface area contributed by atoms with Gasteiger partial charge in [-0.1, -0.05) is 18.2 Å². The molecule has 0 aliphatic carbocycles. The van der Waals surface area contributed by atoms with Crippen LogP contribution in [0.1, 0.15) is 38.3 Å². The van der Waals surface area contributed by atoms with E-state index < -0.39 is 44.9 Å². The molecule has 0 bridgehead atoms. The Hall–Kier alpha value is -3.80. The largest absolute Gasteiger partial charge is 0.497 e. The topological polar surface area (TPSA) is 114 Å². The Balaban J connectivity index is 1.64. The second-order valence-corrected chi connectivity index (χ2v) is 11.7. The van der Waals surface area contributed by atoms with Crippen molar-refractivity contribution in [3.63, 3.8) is 0 Å². The fourth-order valence-corrected chi connectivity index (χ4v) is 5.24. The first kappa shape index (κ1) is 27.2. The normalized spacial score (nSPS) is 17.1. The molecule has 38 heavy (non-hydrogen) atoms. The summed E-state index contributed by atoms with van der Waals surface area (Å²) in [7, 11) is -2.62. The Bertz CT molecular complexity index is 1370. The van der Waals surface area contributed by atoms with Crippen molar-refractivity contribution in [1.82, 2.24) is 10.3 Å². The average molecular weight is 548 g/mol. The van der Waals surface area contributed by atoms with E-state index in [0.29, 0.717) is 28.7 Å². The van der Waals surface area contributed by atoms with Gasteiger partial charge in [-0.15, -0.1) is 0 Å². The van der Waals surface area contributed by atoms with Gasteiger partial charge in [-0.25, -0.2) is 17.6 Å². The molecule has 0 radical (unpaired) electrons. The van der Waals surface area contributed by atoms with Crippen LogP contribution < -0.4 is 19.3 Å². The van der Waals surface area contributed by atoms with E-state index in [1.807, 2.05) is 0 Å². The number of methoxy groups -OCH3 is 1. The van der Waals surface area contributed by atoms with E-state index in [2.05, 4.69) is 5.43 Å². The fourth-order valence-electron chi connectivity index (χ4n) is 4.03. The molecule has 2 aliphatic rings. The van der Waals surface area contributed by atoms with Gasteiger partial charge >= 0.3 is 6.09 Å². The summed E-state index contributed by atoms with van der Waals surface area (Å²) in [5, 5.41) is 0. The summed E-state index contributed by atoms with van der Waals surface area (Å²) in [5.41, 5.74) is 2.64. The molecule has 1 saturated heterocycles. The number of anilines is 1. The van der Waals surface area contributed by atoms with Crippen LogP contribution >= 0.6 is 0 Å². The number of halogens is 1. The predicted octanol–water partition coefficient (Wildman–Crippen LogP) is 3.62. The summed E-state index contributed by atoms with van der Waals surface area (Å²) < 4.78 is 58.3. The molecule has 4 rings (SSSR count). The van der Waals surface area contributed by atoms with Crippen LogP contribution in [0.4, 0.5) is 14.9 Å². The molecule has 2 heterocycles. The van der Waals surface area contributed by atoms with Crippen LogP contribution in [-0.4, -0.2) is 56.9 Å². The maximum absolute atomic E-state index is 16.0. The van der Waals surface area contributed by atoms with E-state index in [1.165, 1.54) is 17.0 Å². The van der Waals surface area contributed by atoms with Gasteiger partial charge in [0.15, 0.2) is 17.3 Å². The van der Waals surface area contributed by atoms with Crippen molar-refractivity contribution in [1.29, 1.82) is 0 Å². The van der Waals surface area contributed by atoms with Crippen molar-refractivity contribution in [2.24, 2.45) is 0 Å². The first-order valence-corrected chi connectivity index (χ1v) is 13.6. The Labute approximate surface area is 221 Å².